The number of aromatic nitrogens is 3. The second-order valence-electron chi connectivity index (χ2n) is 14.3. The molecule has 0 spiro atoms. The molecule has 9 aromatic carbocycles. The minimum atomic E-state index is 0.643. The standard InChI is InChI=1S/C53H33N3O/c1-4-15-34(16-5-1)46-33-47-49-40(25-14-26-48(49)57-50(47)44-24-13-12-23-43(44)46)36-29-27-35(28-30-36)39-31-32-45(42-22-11-10-21-41(39)42)53-55-51(37-17-6-2-7-18-37)54-52(56-53)38-19-8-3-9-20-38/h1-33H. The Kier molecular flexibility index (Phi) is 7.78. The van der Waals surface area contributed by atoms with Crippen molar-refractivity contribution in [1.82, 2.24) is 15.0 Å². The number of nitrogens with zero attached hydrogens (tertiary/aromatic N) is 3. The maximum atomic E-state index is 6.66. The molecule has 0 unspecified atom stereocenters. The average Bonchev–Trinajstić information content (AvgIpc) is 3.68. The summed E-state index contributed by atoms with van der Waals surface area (Å²) in [6.07, 6.45) is 0. The largest absolute Gasteiger partial charge is 0.455 e. The third-order valence-electron chi connectivity index (χ3n) is 11.0. The van der Waals surface area contributed by atoms with E-state index in [0.717, 1.165) is 77.0 Å². The topological polar surface area (TPSA) is 51.8 Å². The van der Waals surface area contributed by atoms with Crippen LogP contribution in [0.5, 0.6) is 0 Å². The Morgan fingerprint density at radius 1 is 0.281 bits per heavy atom. The molecular formula is C53H33N3O. The lowest BCUT2D eigenvalue weighted by atomic mass is 9.92. The molecule has 0 fully saturated rings. The van der Waals surface area contributed by atoms with E-state index >= 15 is 0 Å². The first-order valence-corrected chi connectivity index (χ1v) is 19.2. The molecule has 0 saturated carbocycles. The van der Waals surface area contributed by atoms with Gasteiger partial charge in [0.1, 0.15) is 11.2 Å². The molecule has 4 nitrogen and oxygen atoms in total. The molecule has 11 rings (SSSR count). The van der Waals surface area contributed by atoms with Crippen LogP contribution in [0.25, 0.3) is 111 Å². The molecule has 0 saturated heterocycles. The van der Waals surface area contributed by atoms with Gasteiger partial charge in [0, 0.05) is 32.8 Å². The first kappa shape index (κ1) is 32.7. The van der Waals surface area contributed by atoms with E-state index < -0.39 is 0 Å². The van der Waals surface area contributed by atoms with Crippen molar-refractivity contribution in [3.63, 3.8) is 0 Å². The average molecular weight is 728 g/mol. The van der Waals surface area contributed by atoms with Crippen LogP contribution in [-0.2, 0) is 0 Å². The molecule has 2 heterocycles. The Labute approximate surface area is 329 Å². The summed E-state index contributed by atoms with van der Waals surface area (Å²) in [5.41, 5.74) is 11.6. The van der Waals surface area contributed by atoms with E-state index in [1.807, 2.05) is 60.7 Å². The van der Waals surface area contributed by atoms with Crippen LogP contribution in [0.15, 0.2) is 205 Å². The van der Waals surface area contributed by atoms with Crippen LogP contribution in [0, 0.1) is 0 Å². The normalized spacial score (nSPS) is 11.5. The number of hydrogen-bond donors (Lipinski definition) is 0. The Bertz CT molecular complexity index is 3210. The van der Waals surface area contributed by atoms with Crippen LogP contribution in [0.4, 0.5) is 0 Å². The monoisotopic (exact) mass is 727 g/mol. The summed E-state index contributed by atoms with van der Waals surface area (Å²) in [5, 5.41) is 6.76. The molecule has 0 atom stereocenters. The van der Waals surface area contributed by atoms with E-state index in [0.29, 0.717) is 17.5 Å². The summed E-state index contributed by atoms with van der Waals surface area (Å²) in [5.74, 6) is 1.94. The fourth-order valence-corrected chi connectivity index (χ4v) is 8.25. The predicted octanol–water partition coefficient (Wildman–Crippen LogP) is 14.1. The first-order chi connectivity index (χ1) is 28.3. The van der Waals surface area contributed by atoms with Crippen molar-refractivity contribution in [2.45, 2.75) is 0 Å². The third-order valence-corrected chi connectivity index (χ3v) is 11.0. The molecule has 0 aliphatic rings. The predicted molar refractivity (Wildman–Crippen MR) is 235 cm³/mol. The van der Waals surface area contributed by atoms with Crippen molar-refractivity contribution in [2.24, 2.45) is 0 Å². The van der Waals surface area contributed by atoms with Gasteiger partial charge >= 0.3 is 0 Å². The first-order valence-electron chi connectivity index (χ1n) is 19.2. The summed E-state index contributed by atoms with van der Waals surface area (Å²) in [6.45, 7) is 0. The number of fused-ring (bicyclic) bond motifs is 6. The highest BCUT2D eigenvalue weighted by molar-refractivity contribution is 6.22. The van der Waals surface area contributed by atoms with Crippen LogP contribution in [-0.4, -0.2) is 15.0 Å². The van der Waals surface area contributed by atoms with Gasteiger partial charge in [0.25, 0.3) is 0 Å². The van der Waals surface area contributed by atoms with Crippen LogP contribution in [0.2, 0.25) is 0 Å². The summed E-state index contributed by atoms with van der Waals surface area (Å²) >= 11 is 0. The molecule has 0 bridgehead atoms. The maximum Gasteiger partial charge on any atom is 0.164 e. The van der Waals surface area contributed by atoms with Crippen LogP contribution < -0.4 is 0 Å². The fraction of sp³-hybridized carbons (Fsp3) is 0. The Hall–Kier alpha value is -7.69. The van der Waals surface area contributed by atoms with Gasteiger partial charge in [-0.05, 0) is 67.7 Å². The fourth-order valence-electron chi connectivity index (χ4n) is 8.25. The van der Waals surface area contributed by atoms with Gasteiger partial charge in [-0.2, -0.15) is 0 Å². The van der Waals surface area contributed by atoms with Gasteiger partial charge in [0.15, 0.2) is 17.5 Å². The molecular weight excluding hydrogens is 695 g/mol. The van der Waals surface area contributed by atoms with Gasteiger partial charge in [-0.1, -0.05) is 182 Å². The van der Waals surface area contributed by atoms with Gasteiger partial charge in [0.2, 0.25) is 0 Å². The zero-order valence-corrected chi connectivity index (χ0v) is 30.8. The summed E-state index contributed by atoms with van der Waals surface area (Å²) < 4.78 is 6.66. The van der Waals surface area contributed by atoms with Gasteiger partial charge in [-0.25, -0.2) is 15.0 Å². The van der Waals surface area contributed by atoms with Crippen molar-refractivity contribution in [3.8, 4) is 67.5 Å². The third kappa shape index (κ3) is 5.66. The van der Waals surface area contributed by atoms with Gasteiger partial charge in [-0.3, -0.25) is 0 Å². The Morgan fingerprint density at radius 3 is 1.35 bits per heavy atom. The molecule has 0 N–H and O–H groups in total. The zero-order valence-electron chi connectivity index (χ0n) is 30.8. The number of rotatable bonds is 6. The minimum absolute atomic E-state index is 0.643. The lowest BCUT2D eigenvalue weighted by molar-refractivity contribution is 0.673. The van der Waals surface area contributed by atoms with E-state index in [1.54, 1.807) is 0 Å². The Balaban J connectivity index is 1.03. The molecule has 2 aromatic heterocycles. The zero-order chi connectivity index (χ0) is 37.7. The number of benzene rings is 9. The van der Waals surface area contributed by atoms with E-state index in [2.05, 4.69) is 140 Å². The molecule has 0 aliphatic carbocycles. The molecule has 57 heavy (non-hydrogen) atoms. The van der Waals surface area contributed by atoms with Crippen molar-refractivity contribution in [1.29, 1.82) is 0 Å². The molecule has 0 aliphatic heterocycles. The van der Waals surface area contributed by atoms with Crippen molar-refractivity contribution >= 4 is 43.5 Å². The van der Waals surface area contributed by atoms with E-state index in [4.69, 9.17) is 19.4 Å². The van der Waals surface area contributed by atoms with E-state index in [1.165, 1.54) is 16.5 Å². The highest BCUT2D eigenvalue weighted by atomic mass is 16.3. The lowest BCUT2D eigenvalue weighted by Crippen LogP contribution is -2.00. The Morgan fingerprint density at radius 2 is 0.737 bits per heavy atom. The highest BCUT2D eigenvalue weighted by Gasteiger charge is 2.19. The second kappa shape index (κ2) is 13.6. The van der Waals surface area contributed by atoms with Gasteiger partial charge in [0.05, 0.1) is 0 Å². The molecule has 0 radical (unpaired) electrons. The molecule has 11 aromatic rings. The summed E-state index contributed by atoms with van der Waals surface area (Å²) in [6, 6.07) is 69.9. The number of hydrogen-bond acceptors (Lipinski definition) is 4. The van der Waals surface area contributed by atoms with Gasteiger partial charge in [-0.15, -0.1) is 0 Å². The summed E-state index contributed by atoms with van der Waals surface area (Å²) in [4.78, 5) is 15.0. The molecule has 4 heteroatoms. The molecule has 0 amide bonds. The quantitative estimate of drug-likeness (QED) is 0.171. The van der Waals surface area contributed by atoms with E-state index in [9.17, 15) is 0 Å². The van der Waals surface area contributed by atoms with Crippen LogP contribution >= 0.6 is 0 Å². The van der Waals surface area contributed by atoms with Crippen LogP contribution in [0.3, 0.4) is 0 Å². The van der Waals surface area contributed by atoms with E-state index in [-0.39, 0.29) is 0 Å². The lowest BCUT2D eigenvalue weighted by Gasteiger charge is -2.13. The highest BCUT2D eigenvalue weighted by Crippen LogP contribution is 2.44. The van der Waals surface area contributed by atoms with Gasteiger partial charge < -0.3 is 4.42 Å². The second-order valence-corrected chi connectivity index (χ2v) is 14.3. The SMILES string of the molecule is c1ccc(-c2nc(-c3ccccc3)nc(-c3ccc(-c4ccc(-c5cccc6oc7c8ccccc8c(-c8ccccc8)cc7c56)cc4)c4ccccc34)n2)cc1. The maximum absolute atomic E-state index is 6.66. The van der Waals surface area contributed by atoms with Crippen molar-refractivity contribution < 1.29 is 4.42 Å². The molecule has 266 valence electrons. The smallest absolute Gasteiger partial charge is 0.164 e. The minimum Gasteiger partial charge on any atom is -0.455 e. The summed E-state index contributed by atoms with van der Waals surface area (Å²) in [7, 11) is 0. The van der Waals surface area contributed by atoms with Crippen molar-refractivity contribution in [3.05, 3.63) is 200 Å². The van der Waals surface area contributed by atoms with Crippen molar-refractivity contribution in [2.75, 3.05) is 0 Å². The van der Waals surface area contributed by atoms with Crippen LogP contribution in [0.1, 0.15) is 0 Å². The number of furan rings is 1.